The average molecular weight is 363 g/mol. The number of nitrogens with zero attached hydrogens (tertiary/aromatic N) is 4. The van der Waals surface area contributed by atoms with E-state index in [-0.39, 0.29) is 5.41 Å². The molecule has 0 saturated carbocycles. The summed E-state index contributed by atoms with van der Waals surface area (Å²) in [4.78, 5) is 7.69. The van der Waals surface area contributed by atoms with E-state index in [1.165, 1.54) is 0 Å². The van der Waals surface area contributed by atoms with Crippen molar-refractivity contribution in [1.29, 1.82) is 0 Å². The van der Waals surface area contributed by atoms with E-state index >= 15 is 0 Å². The van der Waals surface area contributed by atoms with Crippen LogP contribution >= 0.6 is 22.9 Å². The van der Waals surface area contributed by atoms with Crippen LogP contribution in [0.2, 0.25) is 5.02 Å². The third kappa shape index (κ3) is 2.44. The standard InChI is InChI=1S/C16H19ClN6S/c1-16(8-18)6-7-22(9-16)15-21-23-13(19)12(20-14(23)24-15)10-4-2-3-5-11(10)17/h2-5H,6-9,18-19H2,1H3. The molecule has 126 valence electrons. The van der Waals surface area contributed by atoms with Crippen LogP contribution in [0.4, 0.5) is 10.9 Å². The van der Waals surface area contributed by atoms with E-state index in [1.807, 2.05) is 24.3 Å². The number of halogens is 1. The zero-order valence-electron chi connectivity index (χ0n) is 13.4. The predicted octanol–water partition coefficient (Wildman–Crippen LogP) is 2.87. The second-order valence-corrected chi connectivity index (χ2v) is 7.93. The zero-order valence-corrected chi connectivity index (χ0v) is 14.9. The minimum absolute atomic E-state index is 0.155. The lowest BCUT2D eigenvalue weighted by Gasteiger charge is -2.21. The van der Waals surface area contributed by atoms with Gasteiger partial charge in [-0.2, -0.15) is 4.52 Å². The van der Waals surface area contributed by atoms with E-state index in [0.717, 1.165) is 35.2 Å². The lowest BCUT2D eigenvalue weighted by molar-refractivity contribution is 0.383. The Morgan fingerprint density at radius 3 is 2.83 bits per heavy atom. The van der Waals surface area contributed by atoms with Gasteiger partial charge in [0.25, 0.3) is 0 Å². The van der Waals surface area contributed by atoms with E-state index in [1.54, 1.807) is 15.9 Å². The van der Waals surface area contributed by atoms with Crippen molar-refractivity contribution in [2.24, 2.45) is 11.1 Å². The van der Waals surface area contributed by atoms with Crippen molar-refractivity contribution in [2.45, 2.75) is 13.3 Å². The number of aromatic nitrogens is 3. The van der Waals surface area contributed by atoms with Gasteiger partial charge >= 0.3 is 0 Å². The molecule has 1 aliphatic rings. The van der Waals surface area contributed by atoms with Crippen molar-refractivity contribution >= 4 is 38.8 Å². The third-order valence-electron chi connectivity index (χ3n) is 4.68. The molecule has 0 bridgehead atoms. The van der Waals surface area contributed by atoms with E-state index < -0.39 is 0 Å². The second-order valence-electron chi connectivity index (χ2n) is 6.59. The number of rotatable bonds is 3. The molecule has 0 spiro atoms. The number of benzene rings is 1. The zero-order chi connectivity index (χ0) is 16.9. The van der Waals surface area contributed by atoms with Gasteiger partial charge in [0.15, 0.2) is 5.82 Å². The first-order valence-corrected chi connectivity index (χ1v) is 9.05. The van der Waals surface area contributed by atoms with Gasteiger partial charge in [-0.3, -0.25) is 0 Å². The molecule has 4 N–H and O–H groups in total. The van der Waals surface area contributed by atoms with Crippen LogP contribution < -0.4 is 16.4 Å². The molecular weight excluding hydrogens is 344 g/mol. The van der Waals surface area contributed by atoms with Crippen molar-refractivity contribution < 1.29 is 0 Å². The van der Waals surface area contributed by atoms with Gasteiger partial charge in [-0.1, -0.05) is 48.1 Å². The molecule has 1 saturated heterocycles. The Labute approximate surface area is 149 Å². The molecule has 1 aliphatic heterocycles. The van der Waals surface area contributed by atoms with Gasteiger partial charge in [-0.15, -0.1) is 5.10 Å². The number of nitrogen functional groups attached to an aromatic ring is 1. The fraction of sp³-hybridized carbons (Fsp3) is 0.375. The first-order valence-electron chi connectivity index (χ1n) is 7.86. The normalized spacial score (nSPS) is 21.0. The van der Waals surface area contributed by atoms with E-state index in [9.17, 15) is 0 Å². The van der Waals surface area contributed by atoms with Crippen LogP contribution in [0.3, 0.4) is 0 Å². The summed E-state index contributed by atoms with van der Waals surface area (Å²) in [6.45, 7) is 4.78. The molecule has 6 nitrogen and oxygen atoms in total. The van der Waals surface area contributed by atoms with E-state index in [0.29, 0.717) is 23.1 Å². The number of hydrogen-bond acceptors (Lipinski definition) is 6. The molecule has 24 heavy (non-hydrogen) atoms. The highest BCUT2D eigenvalue weighted by molar-refractivity contribution is 7.20. The maximum absolute atomic E-state index is 6.28. The minimum atomic E-state index is 0.155. The number of nitrogens with two attached hydrogens (primary N) is 2. The topological polar surface area (TPSA) is 85.5 Å². The lowest BCUT2D eigenvalue weighted by Crippen LogP contribution is -2.31. The Morgan fingerprint density at radius 1 is 1.38 bits per heavy atom. The molecule has 4 rings (SSSR count). The molecule has 1 atom stereocenters. The van der Waals surface area contributed by atoms with Crippen molar-refractivity contribution in [3.05, 3.63) is 29.3 Å². The summed E-state index contributed by atoms with van der Waals surface area (Å²) in [7, 11) is 0. The van der Waals surface area contributed by atoms with E-state index in [2.05, 4.69) is 21.9 Å². The molecule has 0 radical (unpaired) electrons. The summed E-state index contributed by atoms with van der Waals surface area (Å²) in [5, 5.41) is 6.23. The van der Waals surface area contributed by atoms with Crippen LogP contribution in [0.15, 0.2) is 24.3 Å². The van der Waals surface area contributed by atoms with Gasteiger partial charge in [0, 0.05) is 18.7 Å². The average Bonchev–Trinajstić information content (AvgIpc) is 3.24. The quantitative estimate of drug-likeness (QED) is 0.748. The van der Waals surface area contributed by atoms with Crippen LogP contribution in [0.5, 0.6) is 0 Å². The molecule has 3 aromatic rings. The molecule has 0 aliphatic carbocycles. The number of hydrogen-bond donors (Lipinski definition) is 2. The molecule has 1 fully saturated rings. The second kappa shape index (κ2) is 5.61. The van der Waals surface area contributed by atoms with Gasteiger partial charge in [-0.25, -0.2) is 4.98 Å². The Hall–Kier alpha value is -1.83. The van der Waals surface area contributed by atoms with Crippen molar-refractivity contribution in [2.75, 3.05) is 30.3 Å². The van der Waals surface area contributed by atoms with Crippen molar-refractivity contribution in [1.82, 2.24) is 14.6 Å². The number of anilines is 2. The Bertz CT molecular complexity index is 903. The van der Waals surface area contributed by atoms with Crippen LogP contribution in [-0.2, 0) is 0 Å². The largest absolute Gasteiger partial charge is 0.382 e. The summed E-state index contributed by atoms with van der Waals surface area (Å²) in [5.74, 6) is 0.515. The van der Waals surface area contributed by atoms with E-state index in [4.69, 9.17) is 23.1 Å². The highest BCUT2D eigenvalue weighted by Gasteiger charge is 2.34. The SMILES string of the molecule is CC1(CN)CCN(c2nn3c(N)c(-c4ccccc4Cl)nc3s2)C1. The van der Waals surface area contributed by atoms with Gasteiger partial charge in [0.1, 0.15) is 5.69 Å². The maximum Gasteiger partial charge on any atom is 0.216 e. The minimum Gasteiger partial charge on any atom is -0.382 e. The highest BCUT2D eigenvalue weighted by Crippen LogP contribution is 2.37. The van der Waals surface area contributed by atoms with Gasteiger partial charge in [0.05, 0.1) is 5.02 Å². The van der Waals surface area contributed by atoms with Crippen LogP contribution in [-0.4, -0.2) is 34.2 Å². The fourth-order valence-corrected chi connectivity index (χ4v) is 4.25. The highest BCUT2D eigenvalue weighted by atomic mass is 35.5. The van der Waals surface area contributed by atoms with Crippen LogP contribution in [0.25, 0.3) is 16.2 Å². The molecule has 3 heterocycles. The summed E-state index contributed by atoms with van der Waals surface area (Å²) >= 11 is 7.81. The third-order valence-corrected chi connectivity index (χ3v) is 5.98. The van der Waals surface area contributed by atoms with Crippen LogP contribution in [0.1, 0.15) is 13.3 Å². The van der Waals surface area contributed by atoms with Gasteiger partial charge < -0.3 is 16.4 Å². The molecule has 2 aromatic heterocycles. The first kappa shape index (κ1) is 15.7. The molecule has 0 amide bonds. The molecule has 1 aromatic carbocycles. The predicted molar refractivity (Wildman–Crippen MR) is 99.7 cm³/mol. The van der Waals surface area contributed by atoms with Gasteiger partial charge in [0.2, 0.25) is 10.1 Å². The summed E-state index contributed by atoms with van der Waals surface area (Å²) < 4.78 is 1.71. The molecule has 1 unspecified atom stereocenters. The van der Waals surface area contributed by atoms with Crippen molar-refractivity contribution in [3.8, 4) is 11.3 Å². The van der Waals surface area contributed by atoms with Crippen LogP contribution in [0, 0.1) is 5.41 Å². The number of fused-ring (bicyclic) bond motifs is 1. The maximum atomic E-state index is 6.28. The summed E-state index contributed by atoms with van der Waals surface area (Å²) in [5.41, 5.74) is 13.8. The molecular formula is C16H19ClN6S. The first-order chi connectivity index (χ1) is 11.5. The Morgan fingerprint density at radius 2 is 2.17 bits per heavy atom. The number of imidazole rings is 1. The van der Waals surface area contributed by atoms with Gasteiger partial charge in [-0.05, 0) is 24.4 Å². The smallest absolute Gasteiger partial charge is 0.216 e. The summed E-state index contributed by atoms with van der Waals surface area (Å²) in [6.07, 6.45) is 1.08. The summed E-state index contributed by atoms with van der Waals surface area (Å²) in [6, 6.07) is 7.56. The fourth-order valence-electron chi connectivity index (χ4n) is 3.09. The Balaban J connectivity index is 1.71. The monoisotopic (exact) mass is 362 g/mol. The van der Waals surface area contributed by atoms with Crippen molar-refractivity contribution in [3.63, 3.8) is 0 Å². The molecule has 8 heteroatoms. The Kier molecular flexibility index (Phi) is 3.67. The lowest BCUT2D eigenvalue weighted by atomic mass is 9.90.